The second-order valence-electron chi connectivity index (χ2n) is 5.19. The molecule has 0 radical (unpaired) electrons. The highest BCUT2D eigenvalue weighted by Crippen LogP contribution is 2.27. The van der Waals surface area contributed by atoms with E-state index in [1.807, 2.05) is 54.6 Å². The van der Waals surface area contributed by atoms with E-state index in [9.17, 15) is 4.21 Å². The average Bonchev–Trinajstić information content (AvgIpc) is 3.11. The van der Waals surface area contributed by atoms with Crippen LogP contribution in [0.15, 0.2) is 66.1 Å². The minimum absolute atomic E-state index is 0.323. The number of fused-ring (bicyclic) bond motifs is 1. The first-order valence-electron chi connectivity index (χ1n) is 7.30. The molecule has 0 saturated carbocycles. The predicted molar refractivity (Wildman–Crippen MR) is 92.2 cm³/mol. The lowest BCUT2D eigenvalue weighted by Gasteiger charge is -2.09. The van der Waals surface area contributed by atoms with Crippen LogP contribution in [0.1, 0.15) is 0 Å². The van der Waals surface area contributed by atoms with Crippen molar-refractivity contribution in [3.05, 3.63) is 60.9 Å². The highest BCUT2D eigenvalue weighted by atomic mass is 32.2. The maximum Gasteiger partial charge on any atom is 0.238 e. The van der Waals surface area contributed by atoms with Crippen LogP contribution in [0.4, 0.5) is 0 Å². The first-order valence-corrected chi connectivity index (χ1v) is 8.86. The second-order valence-corrected chi connectivity index (χ2v) is 6.47. The molecule has 0 bridgehead atoms. The Morgan fingerprint density at radius 2 is 1.71 bits per heavy atom. The highest BCUT2D eigenvalue weighted by Gasteiger charge is 2.15. The molecule has 0 aliphatic carbocycles. The van der Waals surface area contributed by atoms with E-state index in [4.69, 9.17) is 4.98 Å². The molecule has 0 saturated heterocycles. The topological polar surface area (TPSA) is 73.6 Å². The van der Waals surface area contributed by atoms with Gasteiger partial charge < -0.3 is 0 Å². The van der Waals surface area contributed by atoms with Crippen molar-refractivity contribution < 1.29 is 4.21 Å². The molecule has 7 heteroatoms. The van der Waals surface area contributed by atoms with Crippen molar-refractivity contribution in [1.82, 2.24) is 24.7 Å². The molecular formula is C17H13N5OS. The van der Waals surface area contributed by atoms with Crippen LogP contribution in [0.5, 0.6) is 0 Å². The zero-order valence-electron chi connectivity index (χ0n) is 12.8. The summed E-state index contributed by atoms with van der Waals surface area (Å²) in [5, 5.41) is 9.03. The molecule has 0 N–H and O–H groups in total. The van der Waals surface area contributed by atoms with Gasteiger partial charge in [0.15, 0.2) is 0 Å². The number of nitrogens with zero attached hydrogens (tertiary/aromatic N) is 5. The van der Waals surface area contributed by atoms with Gasteiger partial charge in [-0.25, -0.2) is 14.5 Å². The van der Waals surface area contributed by atoms with Crippen molar-refractivity contribution in [3.63, 3.8) is 0 Å². The van der Waals surface area contributed by atoms with Crippen LogP contribution in [0.2, 0.25) is 0 Å². The molecule has 2 aromatic heterocycles. The Kier molecular flexibility index (Phi) is 3.62. The maximum absolute atomic E-state index is 11.9. The van der Waals surface area contributed by atoms with Crippen molar-refractivity contribution in [2.24, 2.45) is 0 Å². The van der Waals surface area contributed by atoms with Crippen LogP contribution in [0.3, 0.4) is 0 Å². The summed E-state index contributed by atoms with van der Waals surface area (Å²) in [4.78, 5) is 9.28. The average molecular weight is 335 g/mol. The summed E-state index contributed by atoms with van der Waals surface area (Å²) >= 11 is 0. The minimum atomic E-state index is -1.29. The fraction of sp³-hybridized carbons (Fsp3) is 0.0588. The zero-order chi connectivity index (χ0) is 16.5. The Hall–Kier alpha value is -2.93. The SMILES string of the molecule is CS(=O)c1nncn1-c1nc(-c2ccccc2)c2ccccc2n1. The summed E-state index contributed by atoms with van der Waals surface area (Å²) in [6.45, 7) is 0. The first-order chi connectivity index (χ1) is 11.7. The second kappa shape index (κ2) is 5.93. The predicted octanol–water partition coefficient (Wildman–Crippen LogP) is 2.61. The van der Waals surface area contributed by atoms with Gasteiger partial charge in [0.05, 0.1) is 22.0 Å². The third-order valence-electron chi connectivity index (χ3n) is 3.63. The third-order valence-corrected chi connectivity index (χ3v) is 4.42. The van der Waals surface area contributed by atoms with Gasteiger partial charge in [0.1, 0.15) is 6.33 Å². The molecule has 2 heterocycles. The van der Waals surface area contributed by atoms with Crippen molar-refractivity contribution in [2.75, 3.05) is 6.26 Å². The number of benzene rings is 2. The third kappa shape index (κ3) is 2.48. The van der Waals surface area contributed by atoms with E-state index in [2.05, 4.69) is 15.2 Å². The summed E-state index contributed by atoms with van der Waals surface area (Å²) < 4.78 is 13.4. The smallest absolute Gasteiger partial charge is 0.238 e. The van der Waals surface area contributed by atoms with E-state index < -0.39 is 10.8 Å². The number of hydrogen-bond acceptors (Lipinski definition) is 5. The van der Waals surface area contributed by atoms with Gasteiger partial charge in [0.2, 0.25) is 11.1 Å². The number of para-hydroxylation sites is 1. The van der Waals surface area contributed by atoms with Crippen LogP contribution in [-0.2, 0) is 10.8 Å². The molecule has 0 fully saturated rings. The van der Waals surface area contributed by atoms with Crippen molar-refractivity contribution in [3.8, 4) is 17.2 Å². The molecule has 2 aromatic carbocycles. The van der Waals surface area contributed by atoms with E-state index in [0.29, 0.717) is 11.1 Å². The van der Waals surface area contributed by atoms with E-state index in [0.717, 1.165) is 22.2 Å². The van der Waals surface area contributed by atoms with Gasteiger partial charge in [-0.3, -0.25) is 4.21 Å². The summed E-state index contributed by atoms with van der Waals surface area (Å²) in [7, 11) is -1.29. The fourth-order valence-electron chi connectivity index (χ4n) is 2.55. The molecule has 1 unspecified atom stereocenters. The van der Waals surface area contributed by atoms with E-state index in [1.165, 1.54) is 6.33 Å². The minimum Gasteiger partial charge on any atom is -0.251 e. The Morgan fingerprint density at radius 3 is 2.50 bits per heavy atom. The molecule has 4 rings (SSSR count). The molecule has 0 spiro atoms. The fourth-order valence-corrected chi connectivity index (χ4v) is 3.11. The van der Waals surface area contributed by atoms with Crippen LogP contribution in [-0.4, -0.2) is 35.2 Å². The van der Waals surface area contributed by atoms with Gasteiger partial charge in [0.25, 0.3) is 0 Å². The zero-order valence-corrected chi connectivity index (χ0v) is 13.6. The van der Waals surface area contributed by atoms with Gasteiger partial charge in [0, 0.05) is 17.2 Å². The van der Waals surface area contributed by atoms with Crippen molar-refractivity contribution >= 4 is 21.7 Å². The van der Waals surface area contributed by atoms with Crippen LogP contribution >= 0.6 is 0 Å². The Balaban J connectivity index is 2.02. The highest BCUT2D eigenvalue weighted by molar-refractivity contribution is 7.84. The van der Waals surface area contributed by atoms with Crippen LogP contribution in [0.25, 0.3) is 28.1 Å². The Morgan fingerprint density at radius 1 is 0.958 bits per heavy atom. The molecule has 0 aliphatic rings. The van der Waals surface area contributed by atoms with Crippen LogP contribution in [0, 0.1) is 0 Å². The lowest BCUT2D eigenvalue weighted by molar-refractivity contribution is 0.673. The van der Waals surface area contributed by atoms with E-state index in [1.54, 1.807) is 10.8 Å². The first kappa shape index (κ1) is 14.6. The van der Waals surface area contributed by atoms with Gasteiger partial charge in [-0.1, -0.05) is 48.5 Å². The molecule has 1 atom stereocenters. The lowest BCUT2D eigenvalue weighted by atomic mass is 10.1. The van der Waals surface area contributed by atoms with Gasteiger partial charge in [-0.2, -0.15) is 0 Å². The standard InChI is InChI=1S/C17H13N5OS/c1-24(23)17-21-18-11-22(17)16-19-14-10-6-5-9-13(14)15(20-16)12-7-3-2-4-8-12/h2-11H,1H3. The molecular weight excluding hydrogens is 322 g/mol. The van der Waals surface area contributed by atoms with Gasteiger partial charge in [-0.05, 0) is 6.07 Å². The molecule has 0 amide bonds. The van der Waals surface area contributed by atoms with E-state index >= 15 is 0 Å². The Bertz CT molecular complexity index is 1050. The van der Waals surface area contributed by atoms with E-state index in [-0.39, 0.29) is 0 Å². The van der Waals surface area contributed by atoms with Gasteiger partial charge >= 0.3 is 0 Å². The monoisotopic (exact) mass is 335 g/mol. The van der Waals surface area contributed by atoms with Gasteiger partial charge in [-0.15, -0.1) is 10.2 Å². The molecule has 0 aliphatic heterocycles. The summed E-state index contributed by atoms with van der Waals surface area (Å²) in [5.41, 5.74) is 2.62. The molecule has 24 heavy (non-hydrogen) atoms. The number of rotatable bonds is 3. The maximum atomic E-state index is 11.9. The molecule has 6 nitrogen and oxygen atoms in total. The summed E-state index contributed by atoms with van der Waals surface area (Å²) in [5.74, 6) is 0.405. The van der Waals surface area contributed by atoms with Crippen molar-refractivity contribution in [2.45, 2.75) is 5.16 Å². The summed E-state index contributed by atoms with van der Waals surface area (Å²) in [6.07, 6.45) is 3.04. The number of hydrogen-bond donors (Lipinski definition) is 0. The Labute approximate surface area is 140 Å². The quantitative estimate of drug-likeness (QED) is 0.575. The lowest BCUT2D eigenvalue weighted by Crippen LogP contribution is -2.07. The summed E-state index contributed by atoms with van der Waals surface area (Å²) in [6, 6.07) is 17.7. The largest absolute Gasteiger partial charge is 0.251 e. The van der Waals surface area contributed by atoms with Crippen molar-refractivity contribution in [1.29, 1.82) is 0 Å². The number of aromatic nitrogens is 5. The normalized spacial score (nSPS) is 12.4. The molecule has 4 aromatic rings. The van der Waals surface area contributed by atoms with Crippen LogP contribution < -0.4 is 0 Å². The molecule has 118 valence electrons.